The fourth-order valence-electron chi connectivity index (χ4n) is 2.51. The van der Waals surface area contributed by atoms with Gasteiger partial charge in [-0.05, 0) is 49.4 Å². The summed E-state index contributed by atoms with van der Waals surface area (Å²) < 4.78 is 1.95. The monoisotopic (exact) mass is 322 g/mol. The Hall–Kier alpha value is -2.38. The Morgan fingerprint density at radius 2 is 2.04 bits per heavy atom. The van der Waals surface area contributed by atoms with E-state index in [0.29, 0.717) is 5.02 Å². The second kappa shape index (κ2) is 5.68. The van der Waals surface area contributed by atoms with Crippen molar-refractivity contribution in [3.8, 4) is 11.8 Å². The average Bonchev–Trinajstić information content (AvgIpc) is 3.27. The highest BCUT2D eigenvalue weighted by molar-refractivity contribution is 6.36. The van der Waals surface area contributed by atoms with Crippen LogP contribution in [0.1, 0.15) is 29.5 Å². The SMILES string of the molecule is Cc1ccncc1C#Cc1ccc2c(nnn2CC2CC2)c1Cl. The number of hydrogen-bond acceptors (Lipinski definition) is 3. The standard InChI is InChI=1S/C18H15ClN4/c1-12-8-9-20-10-15(12)5-4-14-6-7-16-18(17(14)19)21-22-23(16)11-13-2-3-13/h6-10,13H,2-3,11H2,1H3. The third kappa shape index (κ3) is 2.80. The topological polar surface area (TPSA) is 43.6 Å². The second-order valence-electron chi connectivity index (χ2n) is 5.95. The largest absolute Gasteiger partial charge is 0.263 e. The molecule has 1 aliphatic carbocycles. The van der Waals surface area contributed by atoms with E-state index in [4.69, 9.17) is 11.6 Å². The maximum Gasteiger partial charge on any atom is 0.133 e. The molecule has 4 rings (SSSR count). The molecule has 114 valence electrons. The molecule has 0 bridgehead atoms. The summed E-state index contributed by atoms with van der Waals surface area (Å²) in [4.78, 5) is 4.11. The molecular weight excluding hydrogens is 308 g/mol. The Morgan fingerprint density at radius 3 is 2.83 bits per heavy atom. The van der Waals surface area contributed by atoms with Crippen LogP contribution in [-0.2, 0) is 6.54 Å². The molecule has 1 saturated carbocycles. The van der Waals surface area contributed by atoms with Gasteiger partial charge in [-0.3, -0.25) is 4.98 Å². The van der Waals surface area contributed by atoms with Gasteiger partial charge < -0.3 is 0 Å². The summed E-state index contributed by atoms with van der Waals surface area (Å²) in [6, 6.07) is 5.89. The summed E-state index contributed by atoms with van der Waals surface area (Å²) in [5.41, 5.74) is 4.47. The van der Waals surface area contributed by atoms with Crippen LogP contribution in [0.4, 0.5) is 0 Å². The highest BCUT2D eigenvalue weighted by Crippen LogP contribution is 2.32. The first-order chi connectivity index (χ1) is 11.2. The molecule has 4 nitrogen and oxygen atoms in total. The van der Waals surface area contributed by atoms with Crippen LogP contribution in [0.5, 0.6) is 0 Å². The molecule has 0 unspecified atom stereocenters. The summed E-state index contributed by atoms with van der Waals surface area (Å²) in [7, 11) is 0. The van der Waals surface area contributed by atoms with Crippen LogP contribution in [0.3, 0.4) is 0 Å². The first-order valence-electron chi connectivity index (χ1n) is 7.66. The number of aromatic nitrogens is 4. The third-order valence-electron chi connectivity index (χ3n) is 4.12. The van der Waals surface area contributed by atoms with Gasteiger partial charge >= 0.3 is 0 Å². The van der Waals surface area contributed by atoms with Gasteiger partial charge in [0.2, 0.25) is 0 Å². The first kappa shape index (κ1) is 14.2. The van der Waals surface area contributed by atoms with Crippen molar-refractivity contribution in [2.24, 2.45) is 5.92 Å². The van der Waals surface area contributed by atoms with E-state index in [2.05, 4.69) is 27.1 Å². The maximum absolute atomic E-state index is 6.48. The number of fused-ring (bicyclic) bond motifs is 1. The number of benzene rings is 1. The van der Waals surface area contributed by atoms with E-state index in [0.717, 1.165) is 40.2 Å². The minimum absolute atomic E-state index is 0.568. The zero-order chi connectivity index (χ0) is 15.8. The van der Waals surface area contributed by atoms with Crippen molar-refractivity contribution in [2.75, 3.05) is 0 Å². The van der Waals surface area contributed by atoms with E-state index < -0.39 is 0 Å². The Kier molecular flexibility index (Phi) is 3.51. The molecule has 0 spiro atoms. The smallest absolute Gasteiger partial charge is 0.133 e. The molecule has 0 atom stereocenters. The van der Waals surface area contributed by atoms with Gasteiger partial charge in [0.05, 0.1) is 10.5 Å². The summed E-state index contributed by atoms with van der Waals surface area (Å²) in [6.45, 7) is 2.94. The molecule has 1 aliphatic rings. The van der Waals surface area contributed by atoms with Crippen LogP contribution in [0, 0.1) is 24.7 Å². The van der Waals surface area contributed by atoms with Crippen LogP contribution in [0.15, 0.2) is 30.6 Å². The van der Waals surface area contributed by atoms with Crippen molar-refractivity contribution in [3.05, 3.63) is 52.3 Å². The quantitative estimate of drug-likeness (QED) is 0.677. The molecule has 0 aliphatic heterocycles. The van der Waals surface area contributed by atoms with E-state index >= 15 is 0 Å². The molecule has 0 saturated heterocycles. The number of halogens is 1. The van der Waals surface area contributed by atoms with E-state index in [1.165, 1.54) is 12.8 Å². The zero-order valence-electron chi connectivity index (χ0n) is 12.8. The van der Waals surface area contributed by atoms with Gasteiger partial charge in [0.1, 0.15) is 5.52 Å². The summed E-state index contributed by atoms with van der Waals surface area (Å²) in [5, 5.41) is 9.04. The maximum atomic E-state index is 6.48. The van der Waals surface area contributed by atoms with Crippen molar-refractivity contribution >= 4 is 22.6 Å². The zero-order valence-corrected chi connectivity index (χ0v) is 13.5. The predicted octanol–water partition coefficient (Wildman–Crippen LogP) is 3.60. The van der Waals surface area contributed by atoms with Gasteiger partial charge in [-0.1, -0.05) is 28.7 Å². The predicted molar refractivity (Wildman–Crippen MR) is 90.2 cm³/mol. The molecule has 3 aromatic rings. The highest BCUT2D eigenvalue weighted by Gasteiger charge is 2.23. The Balaban J connectivity index is 1.71. The van der Waals surface area contributed by atoms with Crippen LogP contribution in [-0.4, -0.2) is 20.0 Å². The van der Waals surface area contributed by atoms with E-state index in [1.54, 1.807) is 12.4 Å². The lowest BCUT2D eigenvalue weighted by molar-refractivity contribution is 0.559. The average molecular weight is 323 g/mol. The van der Waals surface area contributed by atoms with Crippen LogP contribution >= 0.6 is 11.6 Å². The number of pyridine rings is 1. The van der Waals surface area contributed by atoms with Crippen molar-refractivity contribution in [3.63, 3.8) is 0 Å². The van der Waals surface area contributed by atoms with Crippen molar-refractivity contribution in [1.29, 1.82) is 0 Å². The molecule has 5 heteroatoms. The molecule has 2 heterocycles. The van der Waals surface area contributed by atoms with Gasteiger partial charge in [0.25, 0.3) is 0 Å². The molecule has 0 N–H and O–H groups in total. The third-order valence-corrected chi connectivity index (χ3v) is 4.51. The Labute approximate surface area is 139 Å². The lowest BCUT2D eigenvalue weighted by Crippen LogP contribution is -2.01. The molecule has 0 amide bonds. The van der Waals surface area contributed by atoms with Crippen molar-refractivity contribution < 1.29 is 0 Å². The van der Waals surface area contributed by atoms with E-state index in [9.17, 15) is 0 Å². The molecule has 1 aromatic carbocycles. The lowest BCUT2D eigenvalue weighted by atomic mass is 10.1. The van der Waals surface area contributed by atoms with E-state index in [-0.39, 0.29) is 0 Å². The fraction of sp³-hybridized carbons (Fsp3) is 0.278. The summed E-state index contributed by atoms with van der Waals surface area (Å²) in [6.07, 6.45) is 6.09. The van der Waals surface area contributed by atoms with Gasteiger partial charge in [-0.2, -0.15) is 0 Å². The second-order valence-corrected chi connectivity index (χ2v) is 6.33. The molecular formula is C18H15ClN4. The molecule has 0 radical (unpaired) electrons. The normalized spacial score (nSPS) is 13.8. The lowest BCUT2D eigenvalue weighted by Gasteiger charge is -2.01. The Morgan fingerprint density at radius 1 is 1.22 bits per heavy atom. The minimum atomic E-state index is 0.568. The summed E-state index contributed by atoms with van der Waals surface area (Å²) in [5.74, 6) is 7.00. The summed E-state index contributed by atoms with van der Waals surface area (Å²) >= 11 is 6.48. The molecule has 23 heavy (non-hydrogen) atoms. The number of nitrogens with zero attached hydrogens (tertiary/aromatic N) is 4. The number of hydrogen-bond donors (Lipinski definition) is 0. The van der Waals surface area contributed by atoms with Gasteiger partial charge in [-0.15, -0.1) is 5.10 Å². The minimum Gasteiger partial charge on any atom is -0.263 e. The first-order valence-corrected chi connectivity index (χ1v) is 8.04. The Bertz CT molecular complexity index is 945. The van der Waals surface area contributed by atoms with Gasteiger partial charge in [0.15, 0.2) is 0 Å². The van der Waals surface area contributed by atoms with E-state index in [1.807, 2.05) is 29.8 Å². The van der Waals surface area contributed by atoms with Crippen molar-refractivity contribution in [1.82, 2.24) is 20.0 Å². The van der Waals surface area contributed by atoms with Gasteiger partial charge in [-0.25, -0.2) is 4.68 Å². The molecule has 1 fully saturated rings. The van der Waals surface area contributed by atoms with Crippen LogP contribution < -0.4 is 0 Å². The van der Waals surface area contributed by atoms with Crippen LogP contribution in [0.2, 0.25) is 5.02 Å². The number of aryl methyl sites for hydroxylation is 1. The fourth-order valence-corrected chi connectivity index (χ4v) is 2.76. The number of rotatable bonds is 2. The highest BCUT2D eigenvalue weighted by atomic mass is 35.5. The molecule has 2 aromatic heterocycles. The van der Waals surface area contributed by atoms with Gasteiger partial charge in [0, 0.05) is 30.1 Å². The van der Waals surface area contributed by atoms with Crippen LogP contribution in [0.25, 0.3) is 11.0 Å². The van der Waals surface area contributed by atoms with Crippen molar-refractivity contribution in [2.45, 2.75) is 26.3 Å².